The fourth-order valence-corrected chi connectivity index (χ4v) is 3.20. The van der Waals surface area contributed by atoms with Gasteiger partial charge in [0.15, 0.2) is 0 Å². The van der Waals surface area contributed by atoms with Crippen LogP contribution in [0.2, 0.25) is 0 Å². The Kier molecular flexibility index (Phi) is 2.77. The number of nitrogens with two attached hydrogens (primary N) is 1. The predicted molar refractivity (Wildman–Crippen MR) is 82.8 cm³/mol. The van der Waals surface area contributed by atoms with Gasteiger partial charge in [-0.25, -0.2) is 0 Å². The molecule has 2 aromatic rings. The number of benzene rings is 1. The number of anilines is 2. The van der Waals surface area contributed by atoms with Crippen molar-refractivity contribution in [3.63, 3.8) is 0 Å². The highest BCUT2D eigenvalue weighted by atomic mass is 15.2. The lowest BCUT2D eigenvalue weighted by Crippen LogP contribution is -2.28. The van der Waals surface area contributed by atoms with Gasteiger partial charge in [-0.15, -0.1) is 0 Å². The molecule has 3 N–H and O–H groups in total. The topological polar surface area (TPSA) is 54.2 Å². The maximum absolute atomic E-state index is 6.13. The van der Waals surface area contributed by atoms with E-state index in [2.05, 4.69) is 21.3 Å². The molecule has 2 aliphatic rings. The van der Waals surface area contributed by atoms with E-state index in [-0.39, 0.29) is 0 Å². The van der Waals surface area contributed by atoms with Gasteiger partial charge in [0.2, 0.25) is 0 Å². The third-order valence-corrected chi connectivity index (χ3v) is 4.44. The summed E-state index contributed by atoms with van der Waals surface area (Å²) in [5.74, 6) is 0. The standard InChI is InChI=1S/C16H20N4/c17-14-9-18-15-4-2-1-3-13(15)16(14)19-11-7-8-20(10-11)12-5-6-12/h1-4,9,11-12H,5-8,10,17H2,(H,18,19). The molecule has 1 aliphatic carbocycles. The van der Waals surface area contributed by atoms with Crippen molar-refractivity contribution in [2.75, 3.05) is 24.1 Å². The van der Waals surface area contributed by atoms with Gasteiger partial charge < -0.3 is 11.1 Å². The van der Waals surface area contributed by atoms with E-state index < -0.39 is 0 Å². The number of nitrogen functional groups attached to an aromatic ring is 1. The van der Waals surface area contributed by atoms with Gasteiger partial charge in [0, 0.05) is 30.6 Å². The molecule has 2 heterocycles. The number of rotatable bonds is 3. The van der Waals surface area contributed by atoms with Crippen LogP contribution >= 0.6 is 0 Å². The first kappa shape index (κ1) is 12.0. The van der Waals surface area contributed by atoms with Crippen molar-refractivity contribution >= 4 is 22.3 Å². The lowest BCUT2D eigenvalue weighted by Gasteiger charge is -2.19. The maximum Gasteiger partial charge on any atom is 0.0743 e. The van der Waals surface area contributed by atoms with Crippen LogP contribution in [0.25, 0.3) is 10.9 Å². The zero-order chi connectivity index (χ0) is 13.5. The Morgan fingerprint density at radius 1 is 1.20 bits per heavy atom. The molecule has 4 nitrogen and oxygen atoms in total. The molecule has 1 aromatic carbocycles. The number of fused-ring (bicyclic) bond motifs is 1. The molecule has 1 saturated carbocycles. The van der Waals surface area contributed by atoms with E-state index in [0.29, 0.717) is 6.04 Å². The second kappa shape index (κ2) is 4.63. The second-order valence-corrected chi connectivity index (χ2v) is 5.96. The van der Waals surface area contributed by atoms with Crippen LogP contribution in [0.1, 0.15) is 19.3 Å². The summed E-state index contributed by atoms with van der Waals surface area (Å²) in [4.78, 5) is 7.00. The van der Waals surface area contributed by atoms with Gasteiger partial charge in [-0.1, -0.05) is 18.2 Å². The molecular formula is C16H20N4. The van der Waals surface area contributed by atoms with Crippen molar-refractivity contribution in [2.45, 2.75) is 31.3 Å². The normalized spacial score (nSPS) is 23.3. The molecular weight excluding hydrogens is 248 g/mol. The predicted octanol–water partition coefficient (Wildman–Crippen LogP) is 2.47. The van der Waals surface area contributed by atoms with Crippen LogP contribution in [-0.2, 0) is 0 Å². The summed E-state index contributed by atoms with van der Waals surface area (Å²) < 4.78 is 0. The van der Waals surface area contributed by atoms with E-state index in [9.17, 15) is 0 Å². The number of hydrogen-bond donors (Lipinski definition) is 2. The van der Waals surface area contributed by atoms with Crippen molar-refractivity contribution in [1.82, 2.24) is 9.88 Å². The summed E-state index contributed by atoms with van der Waals surface area (Å²) in [7, 11) is 0. The molecule has 0 amide bonds. The monoisotopic (exact) mass is 268 g/mol. The third-order valence-electron chi connectivity index (χ3n) is 4.44. The molecule has 0 bridgehead atoms. The number of hydrogen-bond acceptors (Lipinski definition) is 4. The molecule has 4 heteroatoms. The Morgan fingerprint density at radius 3 is 2.90 bits per heavy atom. The highest BCUT2D eigenvalue weighted by molar-refractivity contribution is 5.96. The average molecular weight is 268 g/mol. The quantitative estimate of drug-likeness (QED) is 0.898. The number of aromatic nitrogens is 1. The van der Waals surface area contributed by atoms with Gasteiger partial charge in [0.1, 0.15) is 0 Å². The first-order chi connectivity index (χ1) is 9.81. The van der Waals surface area contributed by atoms with Crippen LogP contribution in [-0.4, -0.2) is 35.1 Å². The molecule has 0 radical (unpaired) electrons. The maximum atomic E-state index is 6.13. The van der Waals surface area contributed by atoms with Crippen LogP contribution in [0.15, 0.2) is 30.5 Å². The molecule has 2 fully saturated rings. The highest BCUT2D eigenvalue weighted by Crippen LogP contribution is 2.33. The molecule has 1 unspecified atom stereocenters. The van der Waals surface area contributed by atoms with E-state index in [1.54, 1.807) is 6.20 Å². The zero-order valence-corrected chi connectivity index (χ0v) is 11.5. The summed E-state index contributed by atoms with van der Waals surface area (Å²) >= 11 is 0. The minimum absolute atomic E-state index is 0.503. The molecule has 20 heavy (non-hydrogen) atoms. The molecule has 1 atom stereocenters. The van der Waals surface area contributed by atoms with Crippen LogP contribution in [0.3, 0.4) is 0 Å². The van der Waals surface area contributed by atoms with Gasteiger partial charge in [0.25, 0.3) is 0 Å². The Labute approximate surface area is 119 Å². The van der Waals surface area contributed by atoms with Gasteiger partial charge in [-0.05, 0) is 25.3 Å². The van der Waals surface area contributed by atoms with Crippen LogP contribution in [0, 0.1) is 0 Å². The summed E-state index contributed by atoms with van der Waals surface area (Å²) in [5, 5.41) is 4.78. The number of para-hydroxylation sites is 1. The minimum atomic E-state index is 0.503. The van der Waals surface area contributed by atoms with E-state index >= 15 is 0 Å². The first-order valence-electron chi connectivity index (χ1n) is 7.45. The highest BCUT2D eigenvalue weighted by Gasteiger charge is 2.34. The van der Waals surface area contributed by atoms with Crippen molar-refractivity contribution in [1.29, 1.82) is 0 Å². The lowest BCUT2D eigenvalue weighted by molar-refractivity contribution is 0.326. The van der Waals surface area contributed by atoms with Gasteiger partial charge in [-0.2, -0.15) is 0 Å². The zero-order valence-electron chi connectivity index (χ0n) is 11.5. The molecule has 1 aromatic heterocycles. The molecule has 0 spiro atoms. The third kappa shape index (κ3) is 2.10. The lowest BCUT2D eigenvalue weighted by atomic mass is 10.1. The first-order valence-corrected chi connectivity index (χ1v) is 7.45. The van der Waals surface area contributed by atoms with Crippen LogP contribution in [0.4, 0.5) is 11.4 Å². The number of nitrogens with one attached hydrogen (secondary N) is 1. The van der Waals surface area contributed by atoms with Crippen LogP contribution < -0.4 is 11.1 Å². The molecule has 104 valence electrons. The van der Waals surface area contributed by atoms with Crippen molar-refractivity contribution in [3.8, 4) is 0 Å². The molecule has 1 saturated heterocycles. The van der Waals surface area contributed by atoms with E-state index in [0.717, 1.165) is 34.9 Å². The Morgan fingerprint density at radius 2 is 2.05 bits per heavy atom. The van der Waals surface area contributed by atoms with Gasteiger partial charge in [-0.3, -0.25) is 9.88 Å². The number of nitrogens with zero attached hydrogens (tertiary/aromatic N) is 2. The Hall–Kier alpha value is -1.81. The smallest absolute Gasteiger partial charge is 0.0743 e. The minimum Gasteiger partial charge on any atom is -0.396 e. The van der Waals surface area contributed by atoms with E-state index in [1.165, 1.54) is 25.8 Å². The fraction of sp³-hybridized carbons (Fsp3) is 0.438. The van der Waals surface area contributed by atoms with E-state index in [1.807, 2.05) is 18.2 Å². The summed E-state index contributed by atoms with van der Waals surface area (Å²) in [6, 6.07) is 9.54. The van der Waals surface area contributed by atoms with E-state index in [4.69, 9.17) is 5.73 Å². The van der Waals surface area contributed by atoms with Crippen molar-refractivity contribution < 1.29 is 0 Å². The van der Waals surface area contributed by atoms with Gasteiger partial charge in [0.05, 0.1) is 23.1 Å². The number of pyridine rings is 1. The Bertz CT molecular complexity index is 635. The fourth-order valence-electron chi connectivity index (χ4n) is 3.20. The summed E-state index contributed by atoms with van der Waals surface area (Å²) in [6.45, 7) is 2.35. The summed E-state index contributed by atoms with van der Waals surface area (Å²) in [5.41, 5.74) is 8.93. The SMILES string of the molecule is Nc1cnc2ccccc2c1NC1CCN(C2CC2)C1. The van der Waals surface area contributed by atoms with Crippen LogP contribution in [0.5, 0.6) is 0 Å². The average Bonchev–Trinajstić information content (AvgIpc) is 3.22. The molecule has 1 aliphatic heterocycles. The van der Waals surface area contributed by atoms with Gasteiger partial charge >= 0.3 is 0 Å². The number of likely N-dealkylation sites (tertiary alicyclic amines) is 1. The summed E-state index contributed by atoms with van der Waals surface area (Å²) in [6.07, 6.45) is 5.73. The second-order valence-electron chi connectivity index (χ2n) is 5.96. The largest absolute Gasteiger partial charge is 0.396 e. The Balaban J connectivity index is 1.60. The molecule has 4 rings (SSSR count). The van der Waals surface area contributed by atoms with Crippen molar-refractivity contribution in [2.24, 2.45) is 0 Å². The van der Waals surface area contributed by atoms with Crippen molar-refractivity contribution in [3.05, 3.63) is 30.5 Å².